The summed E-state index contributed by atoms with van der Waals surface area (Å²) in [5.74, 6) is 0.705. The Bertz CT molecular complexity index is 359. The maximum Gasteiger partial charge on any atom is 0.126 e. The lowest BCUT2D eigenvalue weighted by Gasteiger charge is -2.15. The van der Waals surface area contributed by atoms with E-state index in [0.29, 0.717) is 18.3 Å². The Morgan fingerprint density at radius 1 is 1.47 bits per heavy atom. The highest BCUT2D eigenvalue weighted by molar-refractivity contribution is 5.22. The molecule has 0 radical (unpaired) electrons. The van der Waals surface area contributed by atoms with Gasteiger partial charge in [0.25, 0.3) is 0 Å². The molecule has 1 aromatic carbocycles. The Kier molecular flexibility index (Phi) is 4.34. The summed E-state index contributed by atoms with van der Waals surface area (Å²) in [6, 6.07) is 6.19. The molecule has 1 saturated heterocycles. The van der Waals surface area contributed by atoms with E-state index in [2.05, 4.69) is 4.90 Å². The van der Waals surface area contributed by atoms with Crippen molar-refractivity contribution in [1.82, 2.24) is 4.90 Å². The Morgan fingerprint density at radius 2 is 2.35 bits per heavy atom. The van der Waals surface area contributed by atoms with E-state index >= 15 is 0 Å². The van der Waals surface area contributed by atoms with Gasteiger partial charge in [-0.3, -0.25) is 4.90 Å². The average molecular weight is 239 g/mol. The molecule has 1 atom stereocenters. The van der Waals surface area contributed by atoms with Gasteiger partial charge < -0.3 is 9.84 Å². The van der Waals surface area contributed by atoms with Crippen molar-refractivity contribution in [2.24, 2.45) is 5.92 Å². The van der Waals surface area contributed by atoms with Crippen LogP contribution < -0.4 is 4.74 Å². The number of nitrogens with zero attached hydrogens (tertiary/aromatic N) is 1. The molecule has 0 aliphatic carbocycles. The SMILES string of the molecule is OCC1CCN(CCOc2cccc(F)c2)C1. The van der Waals surface area contributed by atoms with Gasteiger partial charge in [-0.05, 0) is 31.0 Å². The van der Waals surface area contributed by atoms with E-state index < -0.39 is 0 Å². The molecule has 1 aromatic rings. The van der Waals surface area contributed by atoms with Gasteiger partial charge in [0.15, 0.2) is 0 Å². The molecule has 0 spiro atoms. The number of benzene rings is 1. The zero-order valence-electron chi connectivity index (χ0n) is 9.81. The van der Waals surface area contributed by atoms with Crippen LogP contribution in [-0.2, 0) is 0 Å². The third-order valence-corrected chi connectivity index (χ3v) is 3.10. The molecular formula is C13H18FNO2. The largest absolute Gasteiger partial charge is 0.492 e. The van der Waals surface area contributed by atoms with Crippen LogP contribution in [0.25, 0.3) is 0 Å². The first-order valence-electron chi connectivity index (χ1n) is 5.99. The molecule has 0 saturated carbocycles. The third-order valence-electron chi connectivity index (χ3n) is 3.10. The van der Waals surface area contributed by atoms with Crippen LogP contribution in [0.5, 0.6) is 5.75 Å². The molecule has 2 rings (SSSR count). The number of aliphatic hydroxyl groups excluding tert-OH is 1. The van der Waals surface area contributed by atoms with Crippen molar-refractivity contribution in [3.63, 3.8) is 0 Å². The first-order chi connectivity index (χ1) is 8.28. The smallest absolute Gasteiger partial charge is 0.126 e. The number of rotatable bonds is 5. The van der Waals surface area contributed by atoms with Gasteiger partial charge in [-0.15, -0.1) is 0 Å². The summed E-state index contributed by atoms with van der Waals surface area (Å²) in [4.78, 5) is 2.26. The van der Waals surface area contributed by atoms with Crippen LogP contribution in [0, 0.1) is 11.7 Å². The lowest BCUT2D eigenvalue weighted by atomic mass is 10.1. The molecule has 3 nitrogen and oxygen atoms in total. The molecule has 17 heavy (non-hydrogen) atoms. The number of ether oxygens (including phenoxy) is 1. The zero-order chi connectivity index (χ0) is 12.1. The minimum atomic E-state index is -0.274. The van der Waals surface area contributed by atoms with Crippen LogP contribution in [0.4, 0.5) is 4.39 Å². The van der Waals surface area contributed by atoms with Gasteiger partial charge in [-0.2, -0.15) is 0 Å². The number of hydrogen-bond acceptors (Lipinski definition) is 3. The summed E-state index contributed by atoms with van der Waals surface area (Å²) in [6.07, 6.45) is 1.05. The van der Waals surface area contributed by atoms with Crippen molar-refractivity contribution in [3.8, 4) is 5.75 Å². The van der Waals surface area contributed by atoms with Crippen molar-refractivity contribution >= 4 is 0 Å². The van der Waals surface area contributed by atoms with Crippen LogP contribution in [0.1, 0.15) is 6.42 Å². The zero-order valence-corrected chi connectivity index (χ0v) is 9.81. The summed E-state index contributed by atoms with van der Waals surface area (Å²) in [7, 11) is 0. The molecule has 94 valence electrons. The Morgan fingerprint density at radius 3 is 3.06 bits per heavy atom. The van der Waals surface area contributed by atoms with Crippen molar-refractivity contribution < 1.29 is 14.2 Å². The van der Waals surface area contributed by atoms with E-state index in [-0.39, 0.29) is 12.4 Å². The quantitative estimate of drug-likeness (QED) is 0.845. The fourth-order valence-electron chi connectivity index (χ4n) is 2.11. The van der Waals surface area contributed by atoms with Gasteiger partial charge in [0.2, 0.25) is 0 Å². The monoisotopic (exact) mass is 239 g/mol. The van der Waals surface area contributed by atoms with Crippen LogP contribution in [0.15, 0.2) is 24.3 Å². The van der Waals surface area contributed by atoms with Gasteiger partial charge in [0.05, 0.1) is 0 Å². The molecule has 0 aromatic heterocycles. The van der Waals surface area contributed by atoms with Crippen LogP contribution in [-0.4, -0.2) is 42.9 Å². The minimum absolute atomic E-state index is 0.265. The number of likely N-dealkylation sites (tertiary alicyclic amines) is 1. The fraction of sp³-hybridized carbons (Fsp3) is 0.538. The summed E-state index contributed by atoms with van der Waals surface area (Å²) in [5.41, 5.74) is 0. The average Bonchev–Trinajstić information content (AvgIpc) is 2.77. The number of aliphatic hydroxyl groups is 1. The summed E-state index contributed by atoms with van der Waals surface area (Å²) < 4.78 is 18.3. The highest BCUT2D eigenvalue weighted by Crippen LogP contribution is 2.15. The molecule has 0 bridgehead atoms. The van der Waals surface area contributed by atoms with E-state index in [1.165, 1.54) is 12.1 Å². The van der Waals surface area contributed by atoms with E-state index in [1.54, 1.807) is 12.1 Å². The molecule has 1 aliphatic heterocycles. The van der Waals surface area contributed by atoms with E-state index in [4.69, 9.17) is 9.84 Å². The Hall–Kier alpha value is -1.13. The predicted octanol–water partition coefficient (Wildman–Crippen LogP) is 1.52. The topological polar surface area (TPSA) is 32.7 Å². The second-order valence-corrected chi connectivity index (χ2v) is 4.44. The van der Waals surface area contributed by atoms with Crippen molar-refractivity contribution in [2.75, 3.05) is 32.8 Å². The maximum absolute atomic E-state index is 12.9. The van der Waals surface area contributed by atoms with Crippen molar-refractivity contribution in [1.29, 1.82) is 0 Å². The summed E-state index contributed by atoms with van der Waals surface area (Å²) >= 11 is 0. The van der Waals surface area contributed by atoms with E-state index in [1.807, 2.05) is 0 Å². The van der Waals surface area contributed by atoms with Gasteiger partial charge in [-0.25, -0.2) is 4.39 Å². The van der Waals surface area contributed by atoms with Gasteiger partial charge in [-0.1, -0.05) is 6.07 Å². The molecule has 1 heterocycles. The van der Waals surface area contributed by atoms with Gasteiger partial charge >= 0.3 is 0 Å². The molecule has 1 unspecified atom stereocenters. The molecule has 1 fully saturated rings. The second kappa shape index (κ2) is 5.98. The molecule has 1 N–H and O–H groups in total. The lowest BCUT2D eigenvalue weighted by molar-refractivity contribution is 0.204. The van der Waals surface area contributed by atoms with Crippen LogP contribution in [0.3, 0.4) is 0 Å². The van der Waals surface area contributed by atoms with Crippen LogP contribution in [0.2, 0.25) is 0 Å². The molecule has 1 aliphatic rings. The first kappa shape index (κ1) is 12.3. The van der Waals surface area contributed by atoms with Crippen molar-refractivity contribution in [3.05, 3.63) is 30.1 Å². The van der Waals surface area contributed by atoms with Crippen LogP contribution >= 0.6 is 0 Å². The molecule has 4 heteroatoms. The highest BCUT2D eigenvalue weighted by atomic mass is 19.1. The normalized spacial score (nSPS) is 20.7. The number of hydrogen-bond donors (Lipinski definition) is 1. The fourth-order valence-corrected chi connectivity index (χ4v) is 2.11. The summed E-state index contributed by atoms with van der Waals surface area (Å²) in [6.45, 7) is 3.59. The second-order valence-electron chi connectivity index (χ2n) is 4.44. The Balaban J connectivity index is 1.70. The van der Waals surface area contributed by atoms with Gasteiger partial charge in [0.1, 0.15) is 18.2 Å². The minimum Gasteiger partial charge on any atom is -0.492 e. The predicted molar refractivity (Wildman–Crippen MR) is 63.5 cm³/mol. The number of halogens is 1. The van der Waals surface area contributed by atoms with Crippen molar-refractivity contribution in [2.45, 2.75) is 6.42 Å². The summed E-state index contributed by atoms with van der Waals surface area (Å²) in [5, 5.41) is 9.02. The third kappa shape index (κ3) is 3.68. The maximum atomic E-state index is 12.9. The highest BCUT2D eigenvalue weighted by Gasteiger charge is 2.20. The lowest BCUT2D eigenvalue weighted by Crippen LogP contribution is -2.26. The Labute approximate surface area is 101 Å². The van der Waals surface area contributed by atoms with E-state index in [9.17, 15) is 4.39 Å². The molecular weight excluding hydrogens is 221 g/mol. The molecule has 0 amide bonds. The van der Waals surface area contributed by atoms with Gasteiger partial charge in [0, 0.05) is 25.8 Å². The first-order valence-corrected chi connectivity index (χ1v) is 5.99. The standard InChI is InChI=1S/C13H18FNO2/c14-12-2-1-3-13(8-12)17-7-6-15-5-4-11(9-15)10-16/h1-3,8,11,16H,4-7,9-10H2. The van der Waals surface area contributed by atoms with E-state index in [0.717, 1.165) is 26.1 Å².